The van der Waals surface area contributed by atoms with Crippen molar-refractivity contribution in [2.75, 3.05) is 75.8 Å². The molecule has 0 bridgehead atoms. The fraction of sp³-hybridized carbons (Fsp3) is 0.600. The number of carbonyl (C=O) groups excluding carboxylic acids is 1. The summed E-state index contributed by atoms with van der Waals surface area (Å²) in [6.45, 7) is 10.8. The van der Waals surface area contributed by atoms with Gasteiger partial charge in [0.05, 0.1) is 30.8 Å². The van der Waals surface area contributed by atoms with E-state index in [0.29, 0.717) is 70.9 Å². The molecule has 3 saturated heterocycles. The van der Waals surface area contributed by atoms with E-state index in [-0.39, 0.29) is 18.4 Å². The molecule has 46 heavy (non-hydrogen) atoms. The van der Waals surface area contributed by atoms with Crippen LogP contribution in [0.2, 0.25) is 0 Å². The summed E-state index contributed by atoms with van der Waals surface area (Å²) in [5.41, 5.74) is 5.87. The summed E-state index contributed by atoms with van der Waals surface area (Å²) in [7, 11) is 2.14. The highest BCUT2D eigenvalue weighted by atomic mass is 19.1. The lowest BCUT2D eigenvalue weighted by Gasteiger charge is -2.42. The monoisotopic (exact) mass is 630 g/mol. The fourth-order valence-corrected chi connectivity index (χ4v) is 7.33. The molecule has 1 amide bonds. The standard InChI is InChI=1S/C35H47FN8O2/c1-25-7-4-9-32(26(25)2)42-18-13-30-31(23-42)38-35(46-24-29-8-5-15-40(29)3)39-34(30)43-19-20-44(28(22-43)11-14-37)33(45)10-6-16-41-17-12-27(36)21-41/h4,6-7,9-10,27-29H,5,8,11-13,15-24H2,1-3H3/b10-6+/t27?,28-,29?/m0/s1. The number of rotatable bonds is 9. The molecule has 11 heteroatoms. The van der Waals surface area contributed by atoms with Crippen molar-refractivity contribution in [3.05, 3.63) is 52.7 Å². The van der Waals surface area contributed by atoms with E-state index in [2.05, 4.69) is 59.9 Å². The number of fused-ring (bicyclic) bond motifs is 1. The van der Waals surface area contributed by atoms with Crippen LogP contribution in [-0.4, -0.2) is 115 Å². The highest BCUT2D eigenvalue weighted by Gasteiger charge is 2.34. The number of ether oxygens (including phenoxy) is 1. The van der Waals surface area contributed by atoms with Crippen LogP contribution in [0.3, 0.4) is 0 Å². The minimum Gasteiger partial charge on any atom is -0.462 e. The number of aryl methyl sites for hydroxylation is 1. The van der Waals surface area contributed by atoms with E-state index in [4.69, 9.17) is 14.7 Å². The normalized spacial score (nSPS) is 24.1. The Morgan fingerprint density at radius 3 is 2.72 bits per heavy atom. The number of anilines is 2. The molecule has 3 fully saturated rings. The van der Waals surface area contributed by atoms with Crippen molar-refractivity contribution in [3.8, 4) is 12.1 Å². The molecule has 0 aliphatic carbocycles. The zero-order valence-electron chi connectivity index (χ0n) is 27.5. The summed E-state index contributed by atoms with van der Waals surface area (Å²) in [6, 6.07) is 9.22. The molecule has 0 saturated carbocycles. The lowest BCUT2D eigenvalue weighted by atomic mass is 10.0. The molecule has 6 rings (SSSR count). The highest BCUT2D eigenvalue weighted by molar-refractivity contribution is 5.88. The first-order valence-electron chi connectivity index (χ1n) is 16.8. The van der Waals surface area contributed by atoms with E-state index in [1.165, 1.54) is 23.2 Å². The van der Waals surface area contributed by atoms with E-state index < -0.39 is 6.17 Å². The van der Waals surface area contributed by atoms with Gasteiger partial charge in [0.2, 0.25) is 5.91 Å². The number of benzene rings is 1. The van der Waals surface area contributed by atoms with Gasteiger partial charge in [0.1, 0.15) is 18.6 Å². The van der Waals surface area contributed by atoms with Gasteiger partial charge < -0.3 is 24.3 Å². The van der Waals surface area contributed by atoms with Crippen LogP contribution in [0.5, 0.6) is 6.01 Å². The Morgan fingerprint density at radius 1 is 1.09 bits per heavy atom. The summed E-state index contributed by atoms with van der Waals surface area (Å²) in [5.74, 6) is 0.760. The van der Waals surface area contributed by atoms with Crippen LogP contribution < -0.4 is 14.5 Å². The molecule has 4 aliphatic heterocycles. The van der Waals surface area contributed by atoms with Crippen molar-refractivity contribution in [2.45, 2.75) is 70.8 Å². The van der Waals surface area contributed by atoms with Gasteiger partial charge in [-0.15, -0.1) is 0 Å². The van der Waals surface area contributed by atoms with Gasteiger partial charge >= 0.3 is 6.01 Å². The third-order valence-corrected chi connectivity index (χ3v) is 10.2. The van der Waals surface area contributed by atoms with Crippen LogP contribution in [0.4, 0.5) is 15.9 Å². The van der Waals surface area contributed by atoms with Gasteiger partial charge in [0, 0.05) is 69.2 Å². The van der Waals surface area contributed by atoms with Crippen LogP contribution in [0.15, 0.2) is 30.4 Å². The van der Waals surface area contributed by atoms with E-state index in [9.17, 15) is 14.4 Å². The second-order valence-electron chi connectivity index (χ2n) is 13.3. The molecule has 246 valence electrons. The maximum Gasteiger partial charge on any atom is 0.318 e. The summed E-state index contributed by atoms with van der Waals surface area (Å²) < 4.78 is 19.9. The number of hydrogen-bond acceptors (Lipinski definition) is 9. The topological polar surface area (TPSA) is 92.1 Å². The Bertz CT molecular complexity index is 1480. The Morgan fingerprint density at radius 2 is 1.96 bits per heavy atom. The largest absolute Gasteiger partial charge is 0.462 e. The molecule has 5 heterocycles. The van der Waals surface area contributed by atoms with Gasteiger partial charge in [-0.2, -0.15) is 15.2 Å². The first-order valence-corrected chi connectivity index (χ1v) is 16.8. The van der Waals surface area contributed by atoms with Crippen LogP contribution in [0.25, 0.3) is 0 Å². The van der Waals surface area contributed by atoms with Crippen molar-refractivity contribution < 1.29 is 13.9 Å². The number of carbonyl (C=O) groups is 1. The predicted molar refractivity (Wildman–Crippen MR) is 177 cm³/mol. The summed E-state index contributed by atoms with van der Waals surface area (Å²) in [4.78, 5) is 34.0. The minimum absolute atomic E-state index is 0.102. The second-order valence-corrected chi connectivity index (χ2v) is 13.3. The molecule has 1 aromatic carbocycles. The van der Waals surface area contributed by atoms with Crippen LogP contribution in [-0.2, 0) is 17.8 Å². The molecule has 2 unspecified atom stereocenters. The average Bonchev–Trinajstić information content (AvgIpc) is 3.67. The number of likely N-dealkylation sites (N-methyl/N-ethyl adjacent to an activating group) is 1. The zero-order chi connectivity index (χ0) is 32.2. The van der Waals surface area contributed by atoms with Crippen LogP contribution in [0.1, 0.15) is 48.1 Å². The Balaban J connectivity index is 1.22. The van der Waals surface area contributed by atoms with Crippen molar-refractivity contribution in [1.82, 2.24) is 24.7 Å². The number of likely N-dealkylation sites (tertiary alicyclic amines) is 2. The van der Waals surface area contributed by atoms with Crippen molar-refractivity contribution in [1.29, 1.82) is 5.26 Å². The number of halogens is 1. The van der Waals surface area contributed by atoms with Crippen LogP contribution >= 0.6 is 0 Å². The maximum absolute atomic E-state index is 13.6. The van der Waals surface area contributed by atoms with Gasteiger partial charge in [-0.05, 0) is 70.3 Å². The maximum atomic E-state index is 13.6. The number of nitriles is 1. The first-order chi connectivity index (χ1) is 22.3. The lowest BCUT2D eigenvalue weighted by Crippen LogP contribution is -2.55. The minimum atomic E-state index is -0.783. The molecule has 2 aromatic rings. The van der Waals surface area contributed by atoms with E-state index >= 15 is 0 Å². The highest BCUT2D eigenvalue weighted by Crippen LogP contribution is 2.34. The number of hydrogen-bond donors (Lipinski definition) is 0. The van der Waals surface area contributed by atoms with Gasteiger partial charge in [0.15, 0.2) is 0 Å². The summed E-state index contributed by atoms with van der Waals surface area (Å²) in [6.07, 6.45) is 6.48. The lowest BCUT2D eigenvalue weighted by molar-refractivity contribution is -0.128. The molecule has 0 radical (unpaired) electrons. The zero-order valence-corrected chi connectivity index (χ0v) is 27.5. The molecule has 10 nitrogen and oxygen atoms in total. The van der Waals surface area contributed by atoms with Gasteiger partial charge in [-0.3, -0.25) is 9.69 Å². The van der Waals surface area contributed by atoms with Crippen molar-refractivity contribution in [3.63, 3.8) is 0 Å². The smallest absolute Gasteiger partial charge is 0.318 e. The summed E-state index contributed by atoms with van der Waals surface area (Å²) in [5, 5.41) is 9.71. The molecule has 3 atom stereocenters. The molecule has 4 aliphatic rings. The molecule has 0 spiro atoms. The third kappa shape index (κ3) is 7.13. The number of alkyl halides is 1. The van der Waals surface area contributed by atoms with Crippen molar-refractivity contribution >= 4 is 17.4 Å². The number of aromatic nitrogens is 2. The average molecular weight is 631 g/mol. The third-order valence-electron chi connectivity index (χ3n) is 10.2. The van der Waals surface area contributed by atoms with Crippen LogP contribution in [0, 0.1) is 25.2 Å². The Hall–Kier alpha value is -3.75. The van der Waals surface area contributed by atoms with Gasteiger partial charge in [0.25, 0.3) is 0 Å². The SMILES string of the molecule is Cc1cccc(N2CCc3c(nc(OCC4CCCN4C)nc3N3CCN(C(=O)/C=C/CN4CCC(F)C4)[C@@H](CC#N)C3)C2)c1C. The summed E-state index contributed by atoms with van der Waals surface area (Å²) >= 11 is 0. The number of nitrogens with zero attached hydrogens (tertiary/aromatic N) is 8. The molecular weight excluding hydrogens is 583 g/mol. The van der Waals surface area contributed by atoms with Gasteiger partial charge in [-0.25, -0.2) is 4.39 Å². The van der Waals surface area contributed by atoms with Crippen molar-refractivity contribution in [2.24, 2.45) is 0 Å². The number of piperazine rings is 1. The Labute approximate surface area is 272 Å². The fourth-order valence-electron chi connectivity index (χ4n) is 7.33. The van der Waals surface area contributed by atoms with E-state index in [0.717, 1.165) is 43.0 Å². The molecule has 1 aromatic heterocycles. The molecule has 0 N–H and O–H groups in total. The second kappa shape index (κ2) is 14.3. The quantitative estimate of drug-likeness (QED) is 0.385. The van der Waals surface area contributed by atoms with E-state index in [1.807, 2.05) is 11.0 Å². The first kappa shape index (κ1) is 32.2. The Kier molecular flexibility index (Phi) is 10.0. The van der Waals surface area contributed by atoms with Gasteiger partial charge in [-0.1, -0.05) is 18.2 Å². The predicted octanol–water partition coefficient (Wildman–Crippen LogP) is 3.66. The number of amides is 1. The van der Waals surface area contributed by atoms with E-state index in [1.54, 1.807) is 11.0 Å². The molecular formula is C35H47FN8O2.